The van der Waals surface area contributed by atoms with Crippen molar-refractivity contribution in [3.8, 4) is 0 Å². The van der Waals surface area contributed by atoms with E-state index in [4.69, 9.17) is 0 Å². The van der Waals surface area contributed by atoms with Crippen LogP contribution in [0, 0.1) is 0 Å². The summed E-state index contributed by atoms with van der Waals surface area (Å²) in [6.45, 7) is 2.66. The van der Waals surface area contributed by atoms with E-state index >= 15 is 0 Å². The number of nitrogens with zero attached hydrogens (tertiary/aromatic N) is 5. The Kier molecular flexibility index (Phi) is 2.72. The number of tetrazole rings is 1. The molecule has 0 saturated carbocycles. The molecule has 2 rings (SSSR count). The third-order valence-electron chi connectivity index (χ3n) is 2.18. The van der Waals surface area contributed by atoms with Crippen LogP contribution in [0.4, 0.5) is 0 Å². The Labute approximate surface area is 86.9 Å². The average molecular weight is 207 g/mol. The normalized spacial score (nSPS) is 12.9. The molecule has 0 spiro atoms. The van der Waals surface area contributed by atoms with Crippen molar-refractivity contribution in [2.24, 2.45) is 7.05 Å². The third-order valence-corrected chi connectivity index (χ3v) is 2.18. The van der Waals surface area contributed by atoms with Gasteiger partial charge in [-0.2, -0.15) is 10.3 Å². The van der Waals surface area contributed by atoms with E-state index in [9.17, 15) is 0 Å². The minimum Gasteiger partial charge on any atom is -0.303 e. The lowest BCUT2D eigenvalue weighted by Crippen LogP contribution is -2.18. The highest BCUT2D eigenvalue weighted by Crippen LogP contribution is 2.10. The Morgan fingerprint density at radius 2 is 2.47 bits per heavy atom. The molecule has 80 valence electrons. The zero-order valence-corrected chi connectivity index (χ0v) is 8.68. The summed E-state index contributed by atoms with van der Waals surface area (Å²) in [5.74, 6) is 0.658. The first-order valence-electron chi connectivity index (χ1n) is 4.70. The number of hydrogen-bond acceptors (Lipinski definition) is 5. The Bertz CT molecular complexity index is 404. The predicted octanol–water partition coefficient (Wildman–Crippen LogP) is -0.216. The molecular weight excluding hydrogens is 194 g/mol. The third kappa shape index (κ3) is 2.38. The number of H-pyrrole nitrogens is 1. The minimum atomic E-state index is 0.220. The molecule has 0 aliphatic rings. The van der Waals surface area contributed by atoms with Crippen LogP contribution in [0.15, 0.2) is 12.4 Å². The molecule has 0 radical (unpaired) electrons. The van der Waals surface area contributed by atoms with Gasteiger partial charge in [0.2, 0.25) is 0 Å². The number of nitrogens with one attached hydrogen (secondary N) is 2. The maximum Gasteiger partial charge on any atom is 0.188 e. The molecule has 0 aliphatic carbocycles. The summed E-state index contributed by atoms with van der Waals surface area (Å²) in [6.07, 6.45) is 3.82. The highest BCUT2D eigenvalue weighted by Gasteiger charge is 2.07. The van der Waals surface area contributed by atoms with Gasteiger partial charge in [0, 0.05) is 24.8 Å². The van der Waals surface area contributed by atoms with Crippen LogP contribution in [-0.2, 0) is 13.6 Å². The van der Waals surface area contributed by atoms with Crippen molar-refractivity contribution in [3.05, 3.63) is 23.8 Å². The molecule has 2 heterocycles. The zero-order chi connectivity index (χ0) is 10.7. The van der Waals surface area contributed by atoms with Crippen LogP contribution in [0.5, 0.6) is 0 Å². The maximum atomic E-state index is 4.11. The van der Waals surface area contributed by atoms with Gasteiger partial charge in [0.15, 0.2) is 5.82 Å². The predicted molar refractivity (Wildman–Crippen MR) is 52.6 cm³/mol. The van der Waals surface area contributed by atoms with Gasteiger partial charge in [-0.05, 0) is 6.92 Å². The van der Waals surface area contributed by atoms with Crippen LogP contribution in [0.3, 0.4) is 0 Å². The van der Waals surface area contributed by atoms with Crippen LogP contribution in [-0.4, -0.2) is 30.4 Å². The van der Waals surface area contributed by atoms with E-state index in [1.165, 1.54) is 0 Å². The van der Waals surface area contributed by atoms with Crippen molar-refractivity contribution in [2.75, 3.05) is 0 Å². The number of aryl methyl sites for hydroxylation is 1. The SMILES string of the molecule is CC(NCc1nn[nH]n1)c1cnn(C)c1. The van der Waals surface area contributed by atoms with Gasteiger partial charge in [0.25, 0.3) is 0 Å². The summed E-state index contributed by atoms with van der Waals surface area (Å²) in [4.78, 5) is 0. The second-order valence-corrected chi connectivity index (χ2v) is 3.38. The van der Waals surface area contributed by atoms with Crippen molar-refractivity contribution >= 4 is 0 Å². The van der Waals surface area contributed by atoms with Crippen LogP contribution in [0.25, 0.3) is 0 Å². The first kappa shape index (κ1) is 9.78. The fourth-order valence-corrected chi connectivity index (χ4v) is 1.28. The largest absolute Gasteiger partial charge is 0.303 e. The molecule has 1 unspecified atom stereocenters. The molecular formula is C8H13N7. The van der Waals surface area contributed by atoms with Crippen molar-refractivity contribution in [2.45, 2.75) is 19.5 Å². The fourth-order valence-electron chi connectivity index (χ4n) is 1.28. The van der Waals surface area contributed by atoms with Gasteiger partial charge in [0.1, 0.15) is 0 Å². The van der Waals surface area contributed by atoms with Crippen LogP contribution < -0.4 is 5.32 Å². The average Bonchev–Trinajstić information content (AvgIpc) is 2.84. The second-order valence-electron chi connectivity index (χ2n) is 3.38. The van der Waals surface area contributed by atoms with Gasteiger partial charge < -0.3 is 5.32 Å². The Morgan fingerprint density at radius 3 is 3.07 bits per heavy atom. The summed E-state index contributed by atoms with van der Waals surface area (Å²) in [5.41, 5.74) is 1.14. The molecule has 0 fully saturated rings. The minimum absolute atomic E-state index is 0.220. The quantitative estimate of drug-likeness (QED) is 0.724. The summed E-state index contributed by atoms with van der Waals surface area (Å²) in [5, 5.41) is 21.0. The van der Waals surface area contributed by atoms with Crippen LogP contribution >= 0.6 is 0 Å². The lowest BCUT2D eigenvalue weighted by molar-refractivity contribution is 0.559. The van der Waals surface area contributed by atoms with E-state index in [-0.39, 0.29) is 6.04 Å². The summed E-state index contributed by atoms with van der Waals surface area (Å²) < 4.78 is 1.78. The molecule has 0 bridgehead atoms. The smallest absolute Gasteiger partial charge is 0.188 e. The van der Waals surface area contributed by atoms with Crippen LogP contribution in [0.2, 0.25) is 0 Å². The van der Waals surface area contributed by atoms with Gasteiger partial charge in [0.05, 0.1) is 12.7 Å². The monoisotopic (exact) mass is 207 g/mol. The molecule has 2 N–H and O–H groups in total. The Balaban J connectivity index is 1.90. The number of rotatable bonds is 4. The molecule has 7 nitrogen and oxygen atoms in total. The van der Waals surface area contributed by atoms with Crippen molar-refractivity contribution in [1.82, 2.24) is 35.7 Å². The number of aromatic nitrogens is 6. The van der Waals surface area contributed by atoms with Gasteiger partial charge in [-0.15, -0.1) is 10.2 Å². The Morgan fingerprint density at radius 1 is 1.60 bits per heavy atom. The molecule has 15 heavy (non-hydrogen) atoms. The van der Waals surface area contributed by atoms with Crippen molar-refractivity contribution in [1.29, 1.82) is 0 Å². The highest BCUT2D eigenvalue weighted by molar-refractivity contribution is 5.08. The van der Waals surface area contributed by atoms with E-state index in [1.54, 1.807) is 4.68 Å². The van der Waals surface area contributed by atoms with Gasteiger partial charge in [-0.3, -0.25) is 4.68 Å². The standard InChI is InChI=1S/C8H13N7/c1-6(7-3-10-15(2)5-7)9-4-8-11-13-14-12-8/h3,5-6,9H,4H2,1-2H3,(H,11,12,13,14). The lowest BCUT2D eigenvalue weighted by atomic mass is 10.2. The number of hydrogen-bond donors (Lipinski definition) is 2. The van der Waals surface area contributed by atoms with Crippen molar-refractivity contribution < 1.29 is 0 Å². The molecule has 0 aromatic carbocycles. The maximum absolute atomic E-state index is 4.11. The molecule has 2 aromatic heterocycles. The van der Waals surface area contributed by atoms with Gasteiger partial charge >= 0.3 is 0 Å². The van der Waals surface area contributed by atoms with Gasteiger partial charge in [-0.25, -0.2) is 0 Å². The topological polar surface area (TPSA) is 84.3 Å². The molecule has 0 saturated heterocycles. The van der Waals surface area contributed by atoms with E-state index < -0.39 is 0 Å². The first-order valence-corrected chi connectivity index (χ1v) is 4.70. The molecule has 7 heteroatoms. The molecule has 1 atom stereocenters. The zero-order valence-electron chi connectivity index (χ0n) is 8.68. The molecule has 2 aromatic rings. The van der Waals surface area contributed by atoms with E-state index in [0.717, 1.165) is 5.56 Å². The van der Waals surface area contributed by atoms with Crippen LogP contribution in [0.1, 0.15) is 24.4 Å². The van der Waals surface area contributed by atoms with E-state index in [2.05, 4.69) is 38.0 Å². The second kappa shape index (κ2) is 4.18. The first-order chi connectivity index (χ1) is 7.25. The molecule has 0 aliphatic heterocycles. The summed E-state index contributed by atoms with van der Waals surface area (Å²) >= 11 is 0. The highest BCUT2D eigenvalue weighted by atomic mass is 15.5. The molecule has 0 amide bonds. The Hall–Kier alpha value is -1.76. The summed E-state index contributed by atoms with van der Waals surface area (Å²) in [6, 6.07) is 0.220. The summed E-state index contributed by atoms with van der Waals surface area (Å²) in [7, 11) is 1.90. The fraction of sp³-hybridized carbons (Fsp3) is 0.500. The van der Waals surface area contributed by atoms with E-state index in [1.807, 2.05) is 19.4 Å². The van der Waals surface area contributed by atoms with Gasteiger partial charge in [-0.1, -0.05) is 5.21 Å². The number of aromatic amines is 1. The van der Waals surface area contributed by atoms with Crippen molar-refractivity contribution in [3.63, 3.8) is 0 Å². The lowest BCUT2D eigenvalue weighted by Gasteiger charge is -2.09. The van der Waals surface area contributed by atoms with E-state index in [0.29, 0.717) is 12.4 Å².